The van der Waals surface area contributed by atoms with Gasteiger partial charge >= 0.3 is 5.97 Å². The van der Waals surface area contributed by atoms with Crippen LogP contribution in [0.3, 0.4) is 0 Å². The summed E-state index contributed by atoms with van der Waals surface area (Å²) in [5, 5.41) is 23.5. The van der Waals surface area contributed by atoms with Crippen molar-refractivity contribution in [1.29, 1.82) is 0 Å². The third-order valence-electron chi connectivity index (χ3n) is 20.3. The zero-order valence-corrected chi connectivity index (χ0v) is 62.8. The second kappa shape index (κ2) is 81.8. The number of unbranched alkanes of at least 4 members (excludes halogenated alkanes) is 66. The predicted octanol–water partition coefficient (Wildman–Crippen LogP) is 28.4. The molecular formula is C86H167NO5. The summed E-state index contributed by atoms with van der Waals surface area (Å²) in [5.74, 6) is -0.00544. The van der Waals surface area contributed by atoms with Crippen LogP contribution in [0.4, 0.5) is 0 Å². The number of carbonyl (C=O) groups is 2. The third-order valence-corrected chi connectivity index (χ3v) is 20.3. The predicted molar refractivity (Wildman–Crippen MR) is 407 cm³/mol. The van der Waals surface area contributed by atoms with Crippen LogP contribution in [-0.2, 0) is 14.3 Å². The number of allylic oxidation sites excluding steroid dienone is 4. The van der Waals surface area contributed by atoms with E-state index in [0.717, 1.165) is 44.9 Å². The zero-order valence-electron chi connectivity index (χ0n) is 62.8. The Balaban J connectivity index is 3.32. The second-order valence-corrected chi connectivity index (χ2v) is 29.5. The van der Waals surface area contributed by atoms with Crippen molar-refractivity contribution in [2.45, 2.75) is 501 Å². The first-order valence-corrected chi connectivity index (χ1v) is 42.6. The van der Waals surface area contributed by atoms with Gasteiger partial charge in [-0.2, -0.15) is 0 Å². The summed E-state index contributed by atoms with van der Waals surface area (Å²) < 4.78 is 5.52. The maximum absolute atomic E-state index is 12.6. The first-order valence-electron chi connectivity index (χ1n) is 42.6. The van der Waals surface area contributed by atoms with E-state index in [0.29, 0.717) is 25.9 Å². The van der Waals surface area contributed by atoms with Crippen molar-refractivity contribution < 1.29 is 24.5 Å². The van der Waals surface area contributed by atoms with E-state index in [1.165, 1.54) is 411 Å². The van der Waals surface area contributed by atoms with Crippen LogP contribution in [0.2, 0.25) is 0 Å². The Morgan fingerprint density at radius 2 is 0.543 bits per heavy atom. The molecule has 6 heteroatoms. The topological polar surface area (TPSA) is 95.9 Å². The van der Waals surface area contributed by atoms with Gasteiger partial charge in [0.25, 0.3) is 0 Å². The summed E-state index contributed by atoms with van der Waals surface area (Å²) >= 11 is 0. The Kier molecular flexibility index (Phi) is 80.3. The van der Waals surface area contributed by atoms with E-state index in [1.807, 2.05) is 0 Å². The highest BCUT2D eigenvalue weighted by Gasteiger charge is 2.20. The van der Waals surface area contributed by atoms with Crippen LogP contribution in [0.1, 0.15) is 489 Å². The molecule has 0 saturated carbocycles. The lowest BCUT2D eigenvalue weighted by atomic mass is 10.0. The molecule has 0 rings (SSSR count). The van der Waals surface area contributed by atoms with Gasteiger partial charge in [-0.25, -0.2) is 0 Å². The number of hydrogen-bond acceptors (Lipinski definition) is 5. The number of aliphatic hydroxyl groups excluding tert-OH is 2. The van der Waals surface area contributed by atoms with Crippen molar-refractivity contribution in [3.8, 4) is 0 Å². The van der Waals surface area contributed by atoms with E-state index in [4.69, 9.17) is 4.74 Å². The van der Waals surface area contributed by atoms with Crippen LogP contribution in [-0.4, -0.2) is 47.4 Å². The Morgan fingerprint density at radius 1 is 0.304 bits per heavy atom. The van der Waals surface area contributed by atoms with E-state index < -0.39 is 12.1 Å². The molecule has 0 bridgehead atoms. The molecule has 6 nitrogen and oxygen atoms in total. The van der Waals surface area contributed by atoms with Crippen molar-refractivity contribution in [3.63, 3.8) is 0 Å². The number of carbonyl (C=O) groups excluding carboxylic acids is 2. The fourth-order valence-corrected chi connectivity index (χ4v) is 13.8. The summed E-state index contributed by atoms with van der Waals surface area (Å²) in [5.41, 5.74) is 0. The first kappa shape index (κ1) is 90.3. The smallest absolute Gasteiger partial charge is 0.305 e. The van der Waals surface area contributed by atoms with Gasteiger partial charge in [-0.05, 0) is 57.8 Å². The normalized spacial score (nSPS) is 12.5. The lowest BCUT2D eigenvalue weighted by Crippen LogP contribution is -2.45. The molecule has 0 aromatic rings. The first-order chi connectivity index (χ1) is 45.5. The minimum absolute atomic E-state index is 0.0187. The van der Waals surface area contributed by atoms with Crippen molar-refractivity contribution in [1.82, 2.24) is 5.32 Å². The van der Waals surface area contributed by atoms with Gasteiger partial charge in [-0.15, -0.1) is 0 Å². The van der Waals surface area contributed by atoms with E-state index >= 15 is 0 Å². The molecule has 3 N–H and O–H groups in total. The fourth-order valence-electron chi connectivity index (χ4n) is 13.8. The number of aliphatic hydroxyl groups is 2. The van der Waals surface area contributed by atoms with E-state index in [1.54, 1.807) is 0 Å². The average molecular weight is 1300 g/mol. The highest BCUT2D eigenvalue weighted by Crippen LogP contribution is 2.21. The SMILES string of the molecule is CCCCC/C=C\C/C=C\CCCCCCCCCCCC(=O)OCCCCCCCCCCCCCCCCCCCCCCCCCCCCCCCCCCC(=O)NC(CO)C(O)CCCCCCCCCCCCCCCCCCCCCCCCCC. The molecule has 2 atom stereocenters. The average Bonchev–Trinajstić information content (AvgIpc) is 3.68. The maximum Gasteiger partial charge on any atom is 0.305 e. The van der Waals surface area contributed by atoms with Crippen LogP contribution in [0, 0.1) is 0 Å². The fraction of sp³-hybridized carbons (Fsp3) is 0.930. The molecule has 0 aromatic carbocycles. The number of ether oxygens (including phenoxy) is 1. The number of amides is 1. The highest BCUT2D eigenvalue weighted by atomic mass is 16.5. The van der Waals surface area contributed by atoms with Gasteiger partial charge < -0.3 is 20.3 Å². The summed E-state index contributed by atoms with van der Waals surface area (Å²) in [4.78, 5) is 24.7. The molecule has 0 aliphatic rings. The number of esters is 1. The maximum atomic E-state index is 12.6. The summed E-state index contributed by atoms with van der Waals surface area (Å²) in [7, 11) is 0. The van der Waals surface area contributed by atoms with E-state index in [2.05, 4.69) is 43.5 Å². The molecule has 2 unspecified atom stereocenters. The lowest BCUT2D eigenvalue weighted by Gasteiger charge is -2.22. The summed E-state index contributed by atoms with van der Waals surface area (Å²) in [6, 6.07) is -0.539. The molecule has 0 aliphatic heterocycles. The van der Waals surface area contributed by atoms with Gasteiger partial charge in [0.05, 0.1) is 25.4 Å². The molecular weight excluding hydrogens is 1130 g/mol. The quantitative estimate of drug-likeness (QED) is 0.0320. The molecule has 92 heavy (non-hydrogen) atoms. The van der Waals surface area contributed by atoms with Gasteiger partial charge in [0.15, 0.2) is 0 Å². The molecule has 546 valence electrons. The largest absolute Gasteiger partial charge is 0.466 e. The molecule has 0 radical (unpaired) electrons. The van der Waals surface area contributed by atoms with Crippen LogP contribution in [0.15, 0.2) is 24.3 Å². The van der Waals surface area contributed by atoms with Gasteiger partial charge in [-0.3, -0.25) is 9.59 Å². The van der Waals surface area contributed by atoms with Crippen molar-refractivity contribution in [2.24, 2.45) is 0 Å². The standard InChI is InChI=1S/C86H167NO5/c1-3-5-7-9-11-13-15-17-19-21-23-24-25-36-39-43-46-50-54-58-62-66-70-74-78-84(89)83(82-88)87-85(90)79-75-71-67-63-59-55-51-47-44-40-37-34-32-30-28-26-27-29-31-33-35-38-41-45-49-53-57-61-65-69-73-77-81-92-86(91)80-76-72-68-64-60-56-52-48-42-22-20-18-16-14-12-10-8-6-4-2/h12,14,18,20,83-84,88-89H,3-11,13,15-17,19,21-82H2,1-2H3,(H,87,90)/b14-12-,20-18-. The summed E-state index contributed by atoms with van der Waals surface area (Å²) in [6.45, 7) is 4.99. The van der Waals surface area contributed by atoms with Crippen LogP contribution < -0.4 is 5.32 Å². The molecule has 0 aromatic heterocycles. The minimum Gasteiger partial charge on any atom is -0.466 e. The molecule has 1 amide bonds. The molecule has 0 saturated heterocycles. The van der Waals surface area contributed by atoms with Crippen LogP contribution >= 0.6 is 0 Å². The Hall–Kier alpha value is -1.66. The second-order valence-electron chi connectivity index (χ2n) is 29.5. The molecule has 0 fully saturated rings. The minimum atomic E-state index is -0.663. The molecule has 0 aliphatic carbocycles. The Morgan fingerprint density at radius 3 is 0.848 bits per heavy atom. The molecule has 0 heterocycles. The van der Waals surface area contributed by atoms with Crippen LogP contribution in [0.5, 0.6) is 0 Å². The third kappa shape index (κ3) is 77.3. The molecule has 0 spiro atoms. The monoisotopic (exact) mass is 1290 g/mol. The number of rotatable bonds is 81. The lowest BCUT2D eigenvalue weighted by molar-refractivity contribution is -0.143. The van der Waals surface area contributed by atoms with Crippen molar-refractivity contribution in [3.05, 3.63) is 24.3 Å². The van der Waals surface area contributed by atoms with Crippen LogP contribution in [0.25, 0.3) is 0 Å². The van der Waals surface area contributed by atoms with Crippen molar-refractivity contribution in [2.75, 3.05) is 13.2 Å². The van der Waals surface area contributed by atoms with Gasteiger partial charge in [0.2, 0.25) is 5.91 Å². The zero-order chi connectivity index (χ0) is 66.3. The highest BCUT2D eigenvalue weighted by molar-refractivity contribution is 5.76. The van der Waals surface area contributed by atoms with Gasteiger partial charge in [0, 0.05) is 12.8 Å². The number of hydrogen-bond donors (Lipinski definition) is 3. The van der Waals surface area contributed by atoms with Gasteiger partial charge in [0.1, 0.15) is 0 Å². The van der Waals surface area contributed by atoms with Gasteiger partial charge in [-0.1, -0.05) is 443 Å². The van der Waals surface area contributed by atoms with E-state index in [9.17, 15) is 19.8 Å². The number of nitrogens with one attached hydrogen (secondary N) is 1. The Labute approximate surface area is 577 Å². The summed E-state index contributed by atoms with van der Waals surface area (Å²) in [6.07, 6.45) is 106. The van der Waals surface area contributed by atoms with Crippen molar-refractivity contribution >= 4 is 11.9 Å². The Bertz CT molecular complexity index is 1450. The van der Waals surface area contributed by atoms with E-state index in [-0.39, 0.29) is 18.5 Å².